The van der Waals surface area contributed by atoms with E-state index in [-0.39, 0.29) is 32.2 Å². The van der Waals surface area contributed by atoms with Crippen molar-refractivity contribution in [2.24, 2.45) is 11.7 Å². The lowest BCUT2D eigenvalue weighted by atomic mass is 9.96. The smallest absolute Gasteiger partial charge is 0.326 e. The molecule has 6 amide bonds. The van der Waals surface area contributed by atoms with Crippen LogP contribution >= 0.6 is 11.8 Å². The summed E-state index contributed by atoms with van der Waals surface area (Å²) in [6, 6.07) is 7.78. The molecule has 1 aromatic heterocycles. The number of nitrogens with zero attached hydrogens (tertiary/aromatic N) is 1. The van der Waals surface area contributed by atoms with Crippen molar-refractivity contribution in [1.82, 2.24) is 36.5 Å². The van der Waals surface area contributed by atoms with Crippen LogP contribution in [0, 0.1) is 5.92 Å². The highest BCUT2D eigenvalue weighted by molar-refractivity contribution is 7.98. The SMILES string of the molecule is CC[C@H](C)[C@H](NC(=O)[C@@H](N)CC(=O)O)C(=O)N[C@@H](Cc1ccccc1)C(=O)N[C@@H](CCSC)C(=O)N[C@@H](C)C(=O)N[C@@H](Cc1c[nH]c2ccccc12)C(=O)N1CCC[C@H]1C(=O)O. The number of H-pyrrole nitrogens is 1. The number of carboxylic acid groups (broad SMARTS) is 2. The Morgan fingerprint density at radius 2 is 1.45 bits per heavy atom. The lowest BCUT2D eigenvalue weighted by Gasteiger charge is -2.29. The fraction of sp³-hybridized carbons (Fsp3) is 0.488. The molecular formula is C43H58N8O10S. The molecule has 3 aromatic rings. The van der Waals surface area contributed by atoms with E-state index in [9.17, 15) is 43.5 Å². The van der Waals surface area contributed by atoms with Crippen molar-refractivity contribution in [2.75, 3.05) is 18.6 Å². The number of hydrogen-bond acceptors (Lipinski definition) is 10. The number of thioether (sulfide) groups is 1. The minimum absolute atomic E-state index is 0.000606. The van der Waals surface area contributed by atoms with Gasteiger partial charge in [0, 0.05) is 36.5 Å². The first-order valence-corrected chi connectivity index (χ1v) is 22.0. The summed E-state index contributed by atoms with van der Waals surface area (Å²) in [5.74, 6) is -6.74. The Kier molecular flexibility index (Phi) is 18.3. The van der Waals surface area contributed by atoms with Gasteiger partial charge in [0.25, 0.3) is 0 Å². The molecule has 8 atom stereocenters. The number of carbonyl (C=O) groups is 8. The Bertz CT molecular complexity index is 2070. The molecule has 336 valence electrons. The summed E-state index contributed by atoms with van der Waals surface area (Å²) in [4.78, 5) is 110. The molecule has 1 aliphatic rings. The Morgan fingerprint density at radius 1 is 0.806 bits per heavy atom. The van der Waals surface area contributed by atoms with Gasteiger partial charge in [0.05, 0.1) is 12.5 Å². The molecule has 1 aliphatic heterocycles. The van der Waals surface area contributed by atoms with Crippen molar-refractivity contribution in [1.29, 1.82) is 0 Å². The molecule has 0 bridgehead atoms. The molecule has 0 spiro atoms. The number of rotatable bonds is 23. The Hall–Kier alpha value is -5.95. The lowest BCUT2D eigenvalue weighted by Crippen LogP contribution is -2.60. The lowest BCUT2D eigenvalue weighted by molar-refractivity contribution is -0.149. The van der Waals surface area contributed by atoms with E-state index in [0.29, 0.717) is 24.2 Å². The van der Waals surface area contributed by atoms with Gasteiger partial charge in [-0.1, -0.05) is 68.8 Å². The maximum Gasteiger partial charge on any atom is 0.326 e. The number of benzene rings is 2. The monoisotopic (exact) mass is 878 g/mol. The normalized spacial score (nSPS) is 17.0. The number of carbonyl (C=O) groups excluding carboxylic acids is 6. The molecule has 62 heavy (non-hydrogen) atoms. The zero-order valence-electron chi connectivity index (χ0n) is 35.3. The van der Waals surface area contributed by atoms with Gasteiger partial charge in [-0.15, -0.1) is 0 Å². The Labute approximate surface area is 364 Å². The summed E-state index contributed by atoms with van der Waals surface area (Å²) in [5, 5.41) is 33.1. The van der Waals surface area contributed by atoms with Gasteiger partial charge in [0.2, 0.25) is 35.4 Å². The number of para-hydroxylation sites is 1. The number of aliphatic carboxylic acids is 2. The second-order valence-corrected chi connectivity index (χ2v) is 16.5. The molecule has 0 aliphatic carbocycles. The van der Waals surface area contributed by atoms with Gasteiger partial charge in [-0.3, -0.25) is 33.6 Å². The van der Waals surface area contributed by atoms with E-state index in [4.69, 9.17) is 10.8 Å². The number of carboxylic acids is 2. The maximum atomic E-state index is 14.1. The highest BCUT2D eigenvalue weighted by atomic mass is 32.2. The number of nitrogens with two attached hydrogens (primary N) is 1. The summed E-state index contributed by atoms with van der Waals surface area (Å²) in [6.07, 6.45) is 4.26. The number of hydrogen-bond donors (Lipinski definition) is 9. The molecule has 0 unspecified atom stereocenters. The van der Waals surface area contributed by atoms with Gasteiger partial charge in [-0.2, -0.15) is 11.8 Å². The second-order valence-electron chi connectivity index (χ2n) is 15.6. The predicted molar refractivity (Wildman–Crippen MR) is 233 cm³/mol. The molecule has 2 heterocycles. The number of nitrogens with one attached hydrogen (secondary N) is 6. The number of aromatic amines is 1. The predicted octanol–water partition coefficient (Wildman–Crippen LogP) is 1.07. The average molecular weight is 879 g/mol. The van der Waals surface area contributed by atoms with Crippen LogP contribution in [0.2, 0.25) is 0 Å². The minimum Gasteiger partial charge on any atom is -0.481 e. The van der Waals surface area contributed by atoms with E-state index in [1.165, 1.54) is 23.6 Å². The number of likely N-dealkylation sites (tertiary alicyclic amines) is 1. The van der Waals surface area contributed by atoms with Crippen LogP contribution in [0.5, 0.6) is 0 Å². The fourth-order valence-corrected chi connectivity index (χ4v) is 7.70. The maximum absolute atomic E-state index is 14.1. The molecule has 0 saturated carbocycles. The van der Waals surface area contributed by atoms with Crippen molar-refractivity contribution in [3.63, 3.8) is 0 Å². The van der Waals surface area contributed by atoms with E-state index >= 15 is 0 Å². The van der Waals surface area contributed by atoms with Gasteiger partial charge in [-0.05, 0) is 61.3 Å². The fourth-order valence-electron chi connectivity index (χ4n) is 7.22. The number of amides is 6. The number of aromatic nitrogens is 1. The van der Waals surface area contributed by atoms with Gasteiger partial charge in [0.1, 0.15) is 36.3 Å². The summed E-state index contributed by atoms with van der Waals surface area (Å²) in [7, 11) is 0. The van der Waals surface area contributed by atoms with Crippen molar-refractivity contribution in [2.45, 2.75) is 108 Å². The third-order valence-electron chi connectivity index (χ3n) is 11.0. The van der Waals surface area contributed by atoms with Crippen molar-refractivity contribution in [3.05, 3.63) is 71.9 Å². The largest absolute Gasteiger partial charge is 0.481 e. The molecule has 1 saturated heterocycles. The molecule has 0 radical (unpaired) electrons. The van der Waals surface area contributed by atoms with Crippen LogP contribution in [-0.2, 0) is 51.2 Å². The Balaban J connectivity index is 1.52. The number of fused-ring (bicyclic) bond motifs is 1. The van der Waals surface area contributed by atoms with E-state index < -0.39 is 102 Å². The van der Waals surface area contributed by atoms with Crippen LogP contribution in [0.15, 0.2) is 60.8 Å². The van der Waals surface area contributed by atoms with Crippen LogP contribution in [0.4, 0.5) is 0 Å². The molecule has 10 N–H and O–H groups in total. The Morgan fingerprint density at radius 3 is 2.11 bits per heavy atom. The highest BCUT2D eigenvalue weighted by Crippen LogP contribution is 2.23. The van der Waals surface area contributed by atoms with Crippen molar-refractivity contribution < 1.29 is 48.6 Å². The molecule has 19 heteroatoms. The third kappa shape index (κ3) is 13.5. The van der Waals surface area contributed by atoms with Gasteiger partial charge in [0.15, 0.2) is 0 Å². The van der Waals surface area contributed by atoms with Gasteiger partial charge < -0.3 is 52.4 Å². The molecule has 4 rings (SSSR count). The summed E-state index contributed by atoms with van der Waals surface area (Å²) in [6.45, 7) is 5.13. The topological polar surface area (TPSA) is 282 Å². The van der Waals surface area contributed by atoms with E-state index in [1.807, 2.05) is 30.5 Å². The third-order valence-corrected chi connectivity index (χ3v) is 11.6. The van der Waals surface area contributed by atoms with Crippen LogP contribution < -0.4 is 32.3 Å². The summed E-state index contributed by atoms with van der Waals surface area (Å²) >= 11 is 1.42. The van der Waals surface area contributed by atoms with Crippen LogP contribution in [0.3, 0.4) is 0 Å². The summed E-state index contributed by atoms with van der Waals surface area (Å²) < 4.78 is 0. The van der Waals surface area contributed by atoms with Gasteiger partial charge >= 0.3 is 11.9 Å². The van der Waals surface area contributed by atoms with Crippen LogP contribution in [-0.4, -0.2) is 128 Å². The molecule has 1 fully saturated rings. The molecular weight excluding hydrogens is 821 g/mol. The molecule has 2 aromatic carbocycles. The first kappa shape index (κ1) is 48.7. The van der Waals surface area contributed by atoms with Crippen molar-refractivity contribution in [3.8, 4) is 0 Å². The van der Waals surface area contributed by atoms with Crippen LogP contribution in [0.1, 0.15) is 64.0 Å². The van der Waals surface area contributed by atoms with Crippen LogP contribution in [0.25, 0.3) is 10.9 Å². The van der Waals surface area contributed by atoms with E-state index in [0.717, 1.165) is 16.5 Å². The van der Waals surface area contributed by atoms with Gasteiger partial charge in [-0.25, -0.2) is 4.79 Å². The summed E-state index contributed by atoms with van der Waals surface area (Å²) in [5.41, 5.74) is 7.98. The minimum atomic E-state index is -1.42. The molecule has 18 nitrogen and oxygen atoms in total. The quantitative estimate of drug-likeness (QED) is 0.0647. The average Bonchev–Trinajstić information content (AvgIpc) is 3.91. The zero-order valence-corrected chi connectivity index (χ0v) is 36.2. The second kappa shape index (κ2) is 23.3. The first-order chi connectivity index (χ1) is 29.5. The van der Waals surface area contributed by atoms with Crippen molar-refractivity contribution >= 4 is 70.0 Å². The van der Waals surface area contributed by atoms with E-state index in [1.54, 1.807) is 50.4 Å². The first-order valence-electron chi connectivity index (χ1n) is 20.6. The van der Waals surface area contributed by atoms with E-state index in [2.05, 4.69) is 31.6 Å². The highest BCUT2D eigenvalue weighted by Gasteiger charge is 2.39. The zero-order chi connectivity index (χ0) is 45.5. The standard InChI is InChI=1S/C43H58N8O10S/c1-5-24(2)36(50-38(55)29(44)22-35(52)53)41(58)48-32(20-26-12-7-6-8-13-26)40(57)47-31(17-19-62-4)39(56)46-25(3)37(54)49-33(42(59)51-18-11-16-34(51)43(60)61)21-27-23-45-30-15-10-9-14-28(27)30/h6-10,12-15,23-25,29,31-34,36,45H,5,11,16-22,44H2,1-4H3,(H,46,56)(H,47,57)(H,48,58)(H,49,54)(H,50,55)(H,52,53)(H,60,61)/t24-,25-,29-,31-,32-,33-,34-,36-/m0/s1.